The van der Waals surface area contributed by atoms with E-state index in [1.54, 1.807) is 10.5 Å². The maximum Gasteiger partial charge on any atom is 0.243 e. The van der Waals surface area contributed by atoms with Crippen molar-refractivity contribution < 1.29 is 8.42 Å². The highest BCUT2D eigenvalue weighted by Crippen LogP contribution is 2.27. The van der Waals surface area contributed by atoms with E-state index in [-0.39, 0.29) is 0 Å². The predicted octanol–water partition coefficient (Wildman–Crippen LogP) is 3.36. The number of sulfonamides is 1. The first-order chi connectivity index (χ1) is 15.2. The minimum absolute atomic E-state index is 0.404. The Morgan fingerprint density at radius 3 is 2.19 bits per heavy atom. The lowest BCUT2D eigenvalue weighted by Crippen LogP contribution is -2.49. The van der Waals surface area contributed by atoms with Crippen LogP contribution in [0.2, 0.25) is 0 Å². The van der Waals surface area contributed by atoms with E-state index < -0.39 is 10.0 Å². The van der Waals surface area contributed by atoms with Crippen molar-refractivity contribution in [1.29, 1.82) is 0 Å². The topological polar surface area (TPSA) is 91.3 Å². The average molecular weight is 453 g/mol. The summed E-state index contributed by atoms with van der Waals surface area (Å²) in [5.41, 5.74) is 2.65. The number of aryl methyl sites for hydroxylation is 4. The largest absolute Gasteiger partial charge is 0.354 e. The summed E-state index contributed by atoms with van der Waals surface area (Å²) in [6.07, 6.45) is 1.72. The Bertz CT molecular complexity index is 1200. The van der Waals surface area contributed by atoms with Crippen LogP contribution in [0.25, 0.3) is 0 Å². The van der Waals surface area contributed by atoms with Crippen LogP contribution in [0.3, 0.4) is 0 Å². The van der Waals surface area contributed by atoms with Crippen molar-refractivity contribution in [2.45, 2.75) is 32.6 Å². The van der Waals surface area contributed by atoms with Gasteiger partial charge in [0.15, 0.2) is 0 Å². The van der Waals surface area contributed by atoms with Crippen molar-refractivity contribution in [3.05, 3.63) is 65.1 Å². The summed E-state index contributed by atoms with van der Waals surface area (Å²) in [4.78, 5) is 15.8. The number of nitrogens with zero attached hydrogens (tertiary/aromatic N) is 5. The number of piperazine rings is 1. The van der Waals surface area contributed by atoms with E-state index in [0.29, 0.717) is 48.5 Å². The molecule has 168 valence electrons. The Kier molecular flexibility index (Phi) is 6.12. The van der Waals surface area contributed by atoms with Gasteiger partial charge >= 0.3 is 0 Å². The molecular formula is C23H28N6O2S. The molecule has 1 aliphatic rings. The molecule has 8 nitrogen and oxygen atoms in total. The first-order valence-electron chi connectivity index (χ1n) is 10.6. The summed E-state index contributed by atoms with van der Waals surface area (Å²) < 4.78 is 28.3. The first kappa shape index (κ1) is 22.2. The Morgan fingerprint density at radius 1 is 0.875 bits per heavy atom. The minimum atomic E-state index is -3.55. The SMILES string of the molecule is Cc1cc(C)c(S(=O)(=O)N2CCN(c3cc(Nc4ccccn4)nc(C)n3)CC2)c(C)c1. The van der Waals surface area contributed by atoms with E-state index in [1.807, 2.05) is 64.1 Å². The van der Waals surface area contributed by atoms with Crippen LogP contribution in [-0.2, 0) is 10.0 Å². The summed E-state index contributed by atoms with van der Waals surface area (Å²) in [5, 5.41) is 3.20. The van der Waals surface area contributed by atoms with E-state index in [9.17, 15) is 8.42 Å². The Hall–Kier alpha value is -3.04. The van der Waals surface area contributed by atoms with Crippen molar-refractivity contribution in [3.8, 4) is 0 Å². The molecule has 2 aromatic heterocycles. The molecule has 32 heavy (non-hydrogen) atoms. The molecule has 0 radical (unpaired) electrons. The second-order valence-corrected chi connectivity index (χ2v) is 9.99. The van der Waals surface area contributed by atoms with Crippen molar-refractivity contribution in [2.24, 2.45) is 0 Å². The smallest absolute Gasteiger partial charge is 0.243 e. The quantitative estimate of drug-likeness (QED) is 0.635. The number of anilines is 3. The summed E-state index contributed by atoms with van der Waals surface area (Å²) >= 11 is 0. The fourth-order valence-electron chi connectivity index (χ4n) is 4.21. The van der Waals surface area contributed by atoms with Crippen LogP contribution in [0.1, 0.15) is 22.5 Å². The second kappa shape index (κ2) is 8.84. The molecule has 4 rings (SSSR count). The average Bonchev–Trinajstić information content (AvgIpc) is 2.73. The Labute approximate surface area is 189 Å². The Balaban J connectivity index is 1.50. The monoisotopic (exact) mass is 452 g/mol. The van der Waals surface area contributed by atoms with E-state index in [1.165, 1.54) is 0 Å². The van der Waals surface area contributed by atoms with Crippen LogP contribution >= 0.6 is 0 Å². The predicted molar refractivity (Wildman–Crippen MR) is 126 cm³/mol. The molecule has 0 bridgehead atoms. The summed E-state index contributed by atoms with van der Waals surface area (Å²) in [6.45, 7) is 9.48. The lowest BCUT2D eigenvalue weighted by atomic mass is 10.1. The number of rotatable bonds is 5. The molecule has 3 aromatic rings. The highest BCUT2D eigenvalue weighted by molar-refractivity contribution is 7.89. The number of hydrogen-bond donors (Lipinski definition) is 1. The van der Waals surface area contributed by atoms with E-state index in [0.717, 1.165) is 22.5 Å². The molecule has 0 unspecified atom stereocenters. The van der Waals surface area contributed by atoms with Crippen LogP contribution in [0.15, 0.2) is 47.5 Å². The van der Waals surface area contributed by atoms with Crippen LogP contribution in [0, 0.1) is 27.7 Å². The van der Waals surface area contributed by atoms with Gasteiger partial charge < -0.3 is 10.2 Å². The number of benzene rings is 1. The minimum Gasteiger partial charge on any atom is -0.354 e. The van der Waals surface area contributed by atoms with Gasteiger partial charge in [0.25, 0.3) is 0 Å². The molecular weight excluding hydrogens is 424 g/mol. The maximum atomic E-state index is 13.4. The molecule has 0 saturated carbocycles. The molecule has 0 amide bonds. The van der Waals surface area contributed by atoms with E-state index in [4.69, 9.17) is 0 Å². The highest BCUT2D eigenvalue weighted by atomic mass is 32.2. The molecule has 1 aliphatic heterocycles. The lowest BCUT2D eigenvalue weighted by Gasteiger charge is -2.35. The summed E-state index contributed by atoms with van der Waals surface area (Å²) in [6, 6.07) is 11.4. The zero-order chi connectivity index (χ0) is 22.9. The molecule has 1 aromatic carbocycles. The third kappa shape index (κ3) is 4.58. The number of pyridine rings is 1. The third-order valence-electron chi connectivity index (χ3n) is 5.51. The molecule has 0 aliphatic carbocycles. The molecule has 3 heterocycles. The Morgan fingerprint density at radius 2 is 1.56 bits per heavy atom. The van der Waals surface area contributed by atoms with Gasteiger partial charge in [-0.15, -0.1) is 0 Å². The molecule has 9 heteroatoms. The number of nitrogens with one attached hydrogen (secondary N) is 1. The van der Waals surface area contributed by atoms with Crippen molar-refractivity contribution >= 4 is 27.5 Å². The van der Waals surface area contributed by atoms with Crippen LogP contribution in [0.5, 0.6) is 0 Å². The van der Waals surface area contributed by atoms with Gasteiger partial charge in [0.05, 0.1) is 4.90 Å². The van der Waals surface area contributed by atoms with Crippen molar-refractivity contribution in [3.63, 3.8) is 0 Å². The number of aromatic nitrogens is 3. The van der Waals surface area contributed by atoms with E-state index in [2.05, 4.69) is 25.2 Å². The molecule has 0 atom stereocenters. The fraction of sp³-hybridized carbons (Fsp3) is 0.348. The molecule has 1 fully saturated rings. The van der Waals surface area contributed by atoms with Gasteiger partial charge in [-0.25, -0.2) is 23.4 Å². The van der Waals surface area contributed by atoms with Gasteiger partial charge in [0, 0.05) is 38.4 Å². The summed E-state index contributed by atoms with van der Waals surface area (Å²) in [7, 11) is -3.55. The van der Waals surface area contributed by atoms with Gasteiger partial charge in [0.2, 0.25) is 10.0 Å². The zero-order valence-corrected chi connectivity index (χ0v) is 19.6. The van der Waals surface area contributed by atoms with E-state index >= 15 is 0 Å². The van der Waals surface area contributed by atoms with Crippen molar-refractivity contribution in [1.82, 2.24) is 19.3 Å². The third-order valence-corrected chi connectivity index (χ3v) is 7.72. The van der Waals surface area contributed by atoms with Gasteiger partial charge in [-0.05, 0) is 51.0 Å². The van der Waals surface area contributed by atoms with Gasteiger partial charge in [-0.2, -0.15) is 4.31 Å². The van der Waals surface area contributed by atoms with Gasteiger partial charge in [-0.3, -0.25) is 0 Å². The first-order valence-corrected chi connectivity index (χ1v) is 12.0. The molecule has 1 N–H and O–H groups in total. The van der Waals surface area contributed by atoms with Gasteiger partial charge in [0.1, 0.15) is 23.3 Å². The van der Waals surface area contributed by atoms with Crippen LogP contribution in [-0.4, -0.2) is 53.9 Å². The standard InChI is InChI=1S/C23H28N6O2S/c1-16-13-17(2)23(18(3)14-16)32(30,31)29-11-9-28(10-12-29)22-15-21(25-19(4)26-22)27-20-7-5-6-8-24-20/h5-8,13-15H,9-12H2,1-4H3,(H,24,25,26,27). The zero-order valence-electron chi connectivity index (χ0n) is 18.8. The second-order valence-electron chi connectivity index (χ2n) is 8.12. The highest BCUT2D eigenvalue weighted by Gasteiger charge is 2.31. The summed E-state index contributed by atoms with van der Waals surface area (Å²) in [5.74, 6) is 2.78. The van der Waals surface area contributed by atoms with Crippen LogP contribution < -0.4 is 10.2 Å². The molecule has 0 spiro atoms. The van der Waals surface area contributed by atoms with Crippen molar-refractivity contribution in [2.75, 3.05) is 36.4 Å². The normalized spacial score (nSPS) is 15.1. The van der Waals surface area contributed by atoms with Gasteiger partial charge in [-0.1, -0.05) is 23.8 Å². The maximum absolute atomic E-state index is 13.4. The fourth-order valence-corrected chi connectivity index (χ4v) is 6.04. The van der Waals surface area contributed by atoms with Crippen LogP contribution in [0.4, 0.5) is 17.5 Å². The number of hydrogen-bond acceptors (Lipinski definition) is 7. The molecule has 1 saturated heterocycles. The lowest BCUT2D eigenvalue weighted by molar-refractivity contribution is 0.383.